The molecule has 0 aromatic heterocycles. The molecule has 3 nitrogen and oxygen atoms in total. The van der Waals surface area contributed by atoms with Crippen molar-refractivity contribution >= 4 is 18.7 Å². The van der Waals surface area contributed by atoms with E-state index in [-0.39, 0.29) is 6.04 Å². The van der Waals surface area contributed by atoms with Crippen molar-refractivity contribution in [2.75, 3.05) is 6.61 Å². The monoisotopic (exact) mass is 175 g/mol. The Labute approximate surface area is 72.2 Å². The molecular formula is C7H13NO2S. The van der Waals surface area contributed by atoms with Crippen molar-refractivity contribution in [2.24, 2.45) is 0 Å². The molecule has 0 saturated heterocycles. The third-order valence-electron chi connectivity index (χ3n) is 1.11. The first-order valence-electron chi connectivity index (χ1n) is 3.39. The fraction of sp³-hybridized carbons (Fsp3) is 0.571. The predicted octanol–water partition coefficient (Wildman–Crippen LogP) is 1.56. The minimum absolute atomic E-state index is 0.155. The summed E-state index contributed by atoms with van der Waals surface area (Å²) in [7, 11) is 0. The Morgan fingerprint density at radius 2 is 2.36 bits per heavy atom. The number of hydrogen-bond acceptors (Lipinski definition) is 3. The summed E-state index contributed by atoms with van der Waals surface area (Å²) >= 11 is 3.97. The molecule has 0 heterocycles. The Hall–Kier alpha value is -0.640. The van der Waals surface area contributed by atoms with Crippen LogP contribution < -0.4 is 5.32 Å². The van der Waals surface area contributed by atoms with Gasteiger partial charge in [-0.3, -0.25) is 0 Å². The van der Waals surface area contributed by atoms with Crippen LogP contribution in [0.25, 0.3) is 0 Å². The zero-order valence-electron chi connectivity index (χ0n) is 6.76. The molecule has 0 aromatic rings. The third-order valence-corrected chi connectivity index (χ3v) is 1.50. The van der Waals surface area contributed by atoms with E-state index in [1.165, 1.54) is 0 Å². The van der Waals surface area contributed by atoms with E-state index in [1.807, 2.05) is 0 Å². The quantitative estimate of drug-likeness (QED) is 0.639. The van der Waals surface area contributed by atoms with Crippen LogP contribution in [-0.2, 0) is 4.74 Å². The summed E-state index contributed by atoms with van der Waals surface area (Å²) in [4.78, 5) is 11.4. The minimum atomic E-state index is -0.435. The van der Waals surface area contributed by atoms with Gasteiger partial charge in [0.25, 0.3) is 0 Å². The van der Waals surface area contributed by atoms with Gasteiger partial charge in [0.05, 0.1) is 12.6 Å². The molecule has 1 unspecified atom stereocenters. The number of ether oxygens (including phenoxy) is 1. The molecule has 1 N–H and O–H groups in total. The maximum absolute atomic E-state index is 10.7. The van der Waals surface area contributed by atoms with E-state index in [2.05, 4.69) is 29.3 Å². The van der Waals surface area contributed by atoms with Gasteiger partial charge >= 0.3 is 6.09 Å². The van der Waals surface area contributed by atoms with Crippen LogP contribution in [0.5, 0.6) is 0 Å². The Morgan fingerprint density at radius 1 is 1.82 bits per heavy atom. The van der Waals surface area contributed by atoms with E-state index < -0.39 is 6.09 Å². The highest BCUT2D eigenvalue weighted by Gasteiger charge is 2.07. The molecule has 0 spiro atoms. The molecule has 0 bridgehead atoms. The normalized spacial score (nSPS) is 11.9. The van der Waals surface area contributed by atoms with Crippen LogP contribution in [0, 0.1) is 0 Å². The number of hydrogen-bond donors (Lipinski definition) is 2. The van der Waals surface area contributed by atoms with Gasteiger partial charge in [0.1, 0.15) is 0 Å². The standard InChI is InChI=1S/C7H13NO2S/c1-4-10-7(9)8-5(2)6(3)11/h5,11H,3-4H2,1-2H3,(H,8,9). The minimum Gasteiger partial charge on any atom is -0.450 e. The smallest absolute Gasteiger partial charge is 0.407 e. The van der Waals surface area contributed by atoms with Crippen LogP contribution in [0.4, 0.5) is 4.79 Å². The van der Waals surface area contributed by atoms with Gasteiger partial charge in [-0.15, -0.1) is 12.6 Å². The topological polar surface area (TPSA) is 38.3 Å². The number of alkyl carbamates (subject to hydrolysis) is 1. The van der Waals surface area contributed by atoms with Crippen molar-refractivity contribution in [2.45, 2.75) is 19.9 Å². The Kier molecular flexibility index (Phi) is 4.77. The molecule has 11 heavy (non-hydrogen) atoms. The van der Waals surface area contributed by atoms with Crippen LogP contribution in [0.2, 0.25) is 0 Å². The molecule has 0 fully saturated rings. The first-order chi connectivity index (χ1) is 5.07. The van der Waals surface area contributed by atoms with E-state index >= 15 is 0 Å². The number of thiol groups is 1. The first kappa shape index (κ1) is 10.4. The second-order valence-corrected chi connectivity index (χ2v) is 2.65. The number of carbonyl (C=O) groups is 1. The molecule has 0 radical (unpaired) electrons. The molecule has 0 aromatic carbocycles. The second-order valence-electron chi connectivity index (χ2n) is 2.08. The van der Waals surface area contributed by atoms with Crippen LogP contribution >= 0.6 is 12.6 Å². The van der Waals surface area contributed by atoms with Gasteiger partial charge in [-0.1, -0.05) is 6.58 Å². The summed E-state index contributed by atoms with van der Waals surface area (Å²) in [5.41, 5.74) is 0. The van der Waals surface area contributed by atoms with Crippen molar-refractivity contribution in [1.29, 1.82) is 0 Å². The van der Waals surface area contributed by atoms with Crippen LogP contribution in [0.3, 0.4) is 0 Å². The zero-order chi connectivity index (χ0) is 8.85. The summed E-state index contributed by atoms with van der Waals surface area (Å²) in [6.45, 7) is 7.47. The van der Waals surface area contributed by atoms with Crippen LogP contribution in [0.1, 0.15) is 13.8 Å². The van der Waals surface area contributed by atoms with Crippen LogP contribution in [-0.4, -0.2) is 18.7 Å². The molecule has 64 valence electrons. The molecule has 4 heteroatoms. The lowest BCUT2D eigenvalue weighted by Crippen LogP contribution is -2.33. The van der Waals surface area contributed by atoms with Crippen molar-refractivity contribution in [3.63, 3.8) is 0 Å². The Balaban J connectivity index is 3.66. The zero-order valence-corrected chi connectivity index (χ0v) is 7.65. The lowest BCUT2D eigenvalue weighted by Gasteiger charge is -2.11. The van der Waals surface area contributed by atoms with Gasteiger partial charge in [0.15, 0.2) is 0 Å². The SMILES string of the molecule is C=C(S)C(C)NC(=O)OCC. The molecular weight excluding hydrogens is 162 g/mol. The van der Waals surface area contributed by atoms with E-state index in [4.69, 9.17) is 0 Å². The molecule has 0 aliphatic carbocycles. The van der Waals surface area contributed by atoms with Gasteiger partial charge < -0.3 is 10.1 Å². The molecule has 0 aliphatic rings. The Morgan fingerprint density at radius 3 is 2.73 bits per heavy atom. The third kappa shape index (κ3) is 4.72. The summed E-state index contributed by atoms with van der Waals surface area (Å²) < 4.78 is 4.64. The van der Waals surface area contributed by atoms with Gasteiger partial charge in [-0.05, 0) is 18.8 Å². The number of carbonyl (C=O) groups excluding carboxylic acids is 1. The first-order valence-corrected chi connectivity index (χ1v) is 3.83. The fourth-order valence-electron chi connectivity index (χ4n) is 0.433. The Bertz CT molecular complexity index is 159. The van der Waals surface area contributed by atoms with Crippen molar-refractivity contribution in [1.82, 2.24) is 5.32 Å². The van der Waals surface area contributed by atoms with Crippen molar-refractivity contribution in [3.8, 4) is 0 Å². The van der Waals surface area contributed by atoms with E-state index in [9.17, 15) is 4.79 Å². The second kappa shape index (κ2) is 5.07. The average Bonchev–Trinajstić information content (AvgIpc) is 1.87. The highest BCUT2D eigenvalue weighted by atomic mass is 32.1. The average molecular weight is 175 g/mol. The van der Waals surface area contributed by atoms with Crippen LogP contribution in [0.15, 0.2) is 11.5 Å². The molecule has 1 atom stereocenters. The fourth-order valence-corrected chi connectivity index (χ4v) is 0.497. The van der Waals surface area contributed by atoms with Gasteiger partial charge in [-0.2, -0.15) is 0 Å². The number of nitrogens with one attached hydrogen (secondary N) is 1. The predicted molar refractivity (Wildman–Crippen MR) is 47.7 cm³/mol. The molecule has 1 amide bonds. The summed E-state index contributed by atoms with van der Waals surface area (Å²) in [6.07, 6.45) is -0.435. The lowest BCUT2D eigenvalue weighted by atomic mass is 10.3. The highest BCUT2D eigenvalue weighted by molar-refractivity contribution is 7.84. The van der Waals surface area contributed by atoms with Crippen molar-refractivity contribution < 1.29 is 9.53 Å². The van der Waals surface area contributed by atoms with Gasteiger partial charge in [0.2, 0.25) is 0 Å². The summed E-state index contributed by atoms with van der Waals surface area (Å²) in [6, 6.07) is -0.155. The van der Waals surface area contributed by atoms with Gasteiger partial charge in [-0.25, -0.2) is 4.79 Å². The van der Waals surface area contributed by atoms with E-state index in [0.29, 0.717) is 11.5 Å². The molecule has 0 aliphatic heterocycles. The highest BCUT2D eigenvalue weighted by Crippen LogP contribution is 2.02. The number of amides is 1. The van der Waals surface area contributed by atoms with Gasteiger partial charge in [0, 0.05) is 0 Å². The summed E-state index contributed by atoms with van der Waals surface area (Å²) in [5.74, 6) is 0. The molecule has 0 saturated carbocycles. The number of rotatable bonds is 3. The lowest BCUT2D eigenvalue weighted by molar-refractivity contribution is 0.150. The van der Waals surface area contributed by atoms with E-state index in [1.54, 1.807) is 13.8 Å². The maximum Gasteiger partial charge on any atom is 0.407 e. The summed E-state index contributed by atoms with van der Waals surface area (Å²) in [5, 5.41) is 2.54. The maximum atomic E-state index is 10.7. The van der Waals surface area contributed by atoms with E-state index in [0.717, 1.165) is 0 Å². The largest absolute Gasteiger partial charge is 0.450 e. The molecule has 0 rings (SSSR count). The van der Waals surface area contributed by atoms with Crippen molar-refractivity contribution in [3.05, 3.63) is 11.5 Å².